The molecule has 0 saturated heterocycles. The van der Waals surface area contributed by atoms with Gasteiger partial charge in [-0.05, 0) is 81.2 Å². The molecule has 0 N–H and O–H groups in total. The lowest BCUT2D eigenvalue weighted by Gasteiger charge is -2.21. The monoisotopic (exact) mass is 634 g/mol. The van der Waals surface area contributed by atoms with Crippen LogP contribution >= 0.6 is 0 Å². The molecule has 3 aromatic rings. The number of sulfonamides is 2. The second kappa shape index (κ2) is 15.7. The lowest BCUT2D eigenvalue weighted by molar-refractivity contribution is 0.103. The number of furan rings is 1. The molecule has 0 saturated carbocycles. The Balaban J connectivity index is 1.83. The molecule has 238 valence electrons. The Labute approximate surface area is 257 Å². The molecule has 0 radical (unpaired) electrons. The van der Waals surface area contributed by atoms with Crippen molar-refractivity contribution in [1.29, 1.82) is 0 Å². The van der Waals surface area contributed by atoms with Crippen LogP contribution in [0.2, 0.25) is 0 Å². The van der Waals surface area contributed by atoms with Gasteiger partial charge in [-0.2, -0.15) is 3.71 Å². The number of rotatable bonds is 19. The Kier molecular flexibility index (Phi) is 12.6. The Hall–Kier alpha value is -2.89. The van der Waals surface area contributed by atoms with E-state index in [2.05, 4.69) is 18.7 Å². The average Bonchev–Trinajstić information content (AvgIpc) is 3.31. The first kappa shape index (κ1) is 34.6. The first-order valence-corrected chi connectivity index (χ1v) is 18.9. The first-order valence-electron chi connectivity index (χ1n) is 15.2. The number of hydrogen-bond acceptors (Lipinski definition) is 8. The average molecular weight is 635 g/mol. The van der Waals surface area contributed by atoms with E-state index in [1.54, 1.807) is 24.3 Å². The van der Waals surface area contributed by atoms with Crippen LogP contribution in [0.3, 0.4) is 0 Å². The van der Waals surface area contributed by atoms with Crippen LogP contribution in [0.1, 0.15) is 87.4 Å². The summed E-state index contributed by atoms with van der Waals surface area (Å²) >= 11 is 0. The summed E-state index contributed by atoms with van der Waals surface area (Å²) in [5, 5.41) is 0.363. The van der Waals surface area contributed by atoms with E-state index < -0.39 is 20.0 Å². The van der Waals surface area contributed by atoms with Gasteiger partial charge in [0.25, 0.3) is 0 Å². The molecule has 0 fully saturated rings. The Morgan fingerprint density at radius 1 is 0.791 bits per heavy atom. The molecule has 2 aromatic carbocycles. The predicted octanol–water partition coefficient (Wildman–Crippen LogP) is 6.40. The van der Waals surface area contributed by atoms with Crippen molar-refractivity contribution in [1.82, 2.24) is 4.90 Å². The van der Waals surface area contributed by atoms with Gasteiger partial charge in [-0.3, -0.25) is 4.79 Å². The largest absolute Gasteiger partial charge is 0.494 e. The normalized spacial score (nSPS) is 12.2. The summed E-state index contributed by atoms with van der Waals surface area (Å²) in [6.07, 6.45) is 9.49. The molecule has 0 aliphatic carbocycles. The van der Waals surface area contributed by atoms with Crippen LogP contribution in [0.4, 0.5) is 5.69 Å². The standard InChI is InChI=1S/C32H46N2O7S2/c1-6-9-13-30-31(28-24-26(16-19-29(28)41-30)34(42(4,36)37)43(5,38)39)32(35)25-14-17-27(18-15-25)40-23-12-22-33(20-10-7-2)21-11-8-3/h14-19,24H,6-13,20-23H2,1-5H3. The van der Waals surface area contributed by atoms with Crippen molar-refractivity contribution in [2.45, 2.75) is 72.1 Å². The molecule has 0 amide bonds. The summed E-state index contributed by atoms with van der Waals surface area (Å²) in [6.45, 7) is 10.2. The third-order valence-corrected chi connectivity index (χ3v) is 10.5. The summed E-state index contributed by atoms with van der Waals surface area (Å²) in [6, 6.07) is 11.2. The minimum Gasteiger partial charge on any atom is -0.494 e. The van der Waals surface area contributed by atoms with Crippen LogP contribution in [0.15, 0.2) is 46.9 Å². The Morgan fingerprint density at radius 2 is 1.37 bits per heavy atom. The van der Waals surface area contributed by atoms with Crippen molar-refractivity contribution in [3.05, 3.63) is 59.4 Å². The lowest BCUT2D eigenvalue weighted by atomic mass is 9.98. The fraction of sp³-hybridized carbons (Fsp3) is 0.531. The van der Waals surface area contributed by atoms with Gasteiger partial charge >= 0.3 is 0 Å². The van der Waals surface area contributed by atoms with E-state index in [9.17, 15) is 21.6 Å². The van der Waals surface area contributed by atoms with Gasteiger partial charge in [0.15, 0.2) is 5.78 Å². The second-order valence-electron chi connectivity index (χ2n) is 11.0. The van der Waals surface area contributed by atoms with Gasteiger partial charge in [-0.15, -0.1) is 0 Å². The van der Waals surface area contributed by atoms with E-state index in [1.807, 2.05) is 6.92 Å². The van der Waals surface area contributed by atoms with Crippen LogP contribution in [-0.2, 0) is 26.5 Å². The topological polar surface area (TPSA) is 114 Å². The van der Waals surface area contributed by atoms with Crippen LogP contribution in [-0.4, -0.2) is 66.3 Å². The van der Waals surface area contributed by atoms with E-state index in [-0.39, 0.29) is 11.5 Å². The number of ether oxygens (including phenoxy) is 1. The summed E-state index contributed by atoms with van der Waals surface area (Å²) in [5.41, 5.74) is 1.03. The smallest absolute Gasteiger partial charge is 0.245 e. The molecule has 1 aromatic heterocycles. The molecule has 0 aliphatic heterocycles. The van der Waals surface area contributed by atoms with E-state index in [1.165, 1.54) is 43.9 Å². The third kappa shape index (κ3) is 9.55. The quantitative estimate of drug-likeness (QED) is 0.110. The molecule has 0 aliphatic rings. The maximum Gasteiger partial charge on any atom is 0.245 e. The van der Waals surface area contributed by atoms with Crippen molar-refractivity contribution in [3.8, 4) is 5.75 Å². The lowest BCUT2D eigenvalue weighted by Crippen LogP contribution is -2.35. The maximum absolute atomic E-state index is 13.8. The molecule has 43 heavy (non-hydrogen) atoms. The zero-order chi connectivity index (χ0) is 31.6. The van der Waals surface area contributed by atoms with Crippen LogP contribution < -0.4 is 8.45 Å². The van der Waals surface area contributed by atoms with Gasteiger partial charge in [0.05, 0.1) is 30.4 Å². The van der Waals surface area contributed by atoms with E-state index in [0.29, 0.717) is 50.3 Å². The number of benzene rings is 2. The Morgan fingerprint density at radius 3 is 1.93 bits per heavy atom. The fourth-order valence-corrected chi connectivity index (χ4v) is 8.03. The second-order valence-corrected chi connectivity index (χ2v) is 14.9. The van der Waals surface area contributed by atoms with Gasteiger partial charge in [-0.25, -0.2) is 16.8 Å². The number of carbonyl (C=O) groups is 1. The molecule has 3 rings (SSSR count). The first-order chi connectivity index (χ1) is 20.4. The Bertz CT molecular complexity index is 1520. The van der Waals surface area contributed by atoms with Crippen LogP contribution in [0.5, 0.6) is 5.75 Å². The van der Waals surface area contributed by atoms with Gasteiger partial charge in [-0.1, -0.05) is 40.0 Å². The van der Waals surface area contributed by atoms with Crippen molar-refractivity contribution in [2.75, 3.05) is 42.5 Å². The van der Waals surface area contributed by atoms with Crippen LogP contribution in [0, 0.1) is 0 Å². The summed E-state index contributed by atoms with van der Waals surface area (Å²) in [4.78, 5) is 16.3. The van der Waals surface area contributed by atoms with Crippen molar-refractivity contribution >= 4 is 42.5 Å². The molecule has 1 heterocycles. The van der Waals surface area contributed by atoms with Gasteiger partial charge < -0.3 is 14.1 Å². The van der Waals surface area contributed by atoms with E-state index >= 15 is 0 Å². The van der Waals surface area contributed by atoms with E-state index in [0.717, 1.165) is 51.4 Å². The highest BCUT2D eigenvalue weighted by Gasteiger charge is 2.29. The molecule has 9 nitrogen and oxygen atoms in total. The number of nitrogens with zero attached hydrogens (tertiary/aromatic N) is 2. The van der Waals surface area contributed by atoms with Gasteiger partial charge in [0.2, 0.25) is 20.0 Å². The van der Waals surface area contributed by atoms with Gasteiger partial charge in [0, 0.05) is 23.9 Å². The molecule has 0 atom stereocenters. The number of carbonyl (C=O) groups excluding carboxylic acids is 1. The predicted molar refractivity (Wildman–Crippen MR) is 173 cm³/mol. The minimum atomic E-state index is -4.15. The zero-order valence-corrected chi connectivity index (χ0v) is 27.7. The van der Waals surface area contributed by atoms with Crippen molar-refractivity contribution in [3.63, 3.8) is 0 Å². The fourth-order valence-electron chi connectivity index (χ4n) is 5.06. The molecular weight excluding hydrogens is 588 g/mol. The molecule has 0 bridgehead atoms. The highest BCUT2D eigenvalue weighted by molar-refractivity contribution is 8.09. The van der Waals surface area contributed by atoms with Crippen molar-refractivity contribution < 1.29 is 30.8 Å². The third-order valence-electron chi connectivity index (χ3n) is 7.20. The summed E-state index contributed by atoms with van der Waals surface area (Å²) in [5.74, 6) is 0.870. The minimum absolute atomic E-state index is 0.0823. The number of unbranched alkanes of at least 4 members (excludes halogenated alkanes) is 3. The highest BCUT2D eigenvalue weighted by Crippen LogP contribution is 2.34. The number of ketones is 1. The summed E-state index contributed by atoms with van der Waals surface area (Å²) in [7, 11) is -8.30. The number of aryl methyl sites for hydroxylation is 1. The number of fused-ring (bicyclic) bond motifs is 1. The van der Waals surface area contributed by atoms with Crippen LogP contribution in [0.25, 0.3) is 11.0 Å². The van der Waals surface area contributed by atoms with E-state index in [4.69, 9.17) is 9.15 Å². The SMILES string of the molecule is CCCCc1oc2ccc(N(S(C)(=O)=O)S(C)(=O)=O)cc2c1C(=O)c1ccc(OCCCN(CCCC)CCCC)cc1. The van der Waals surface area contributed by atoms with Gasteiger partial charge in [0.1, 0.15) is 17.1 Å². The maximum atomic E-state index is 13.8. The number of anilines is 1. The molecule has 11 heteroatoms. The highest BCUT2D eigenvalue weighted by atomic mass is 32.3. The molecule has 0 spiro atoms. The van der Waals surface area contributed by atoms with Crippen molar-refractivity contribution in [2.24, 2.45) is 0 Å². The zero-order valence-electron chi connectivity index (χ0n) is 26.1. The molecule has 0 unspecified atom stereocenters. The summed E-state index contributed by atoms with van der Waals surface area (Å²) < 4.78 is 61.9. The number of hydrogen-bond donors (Lipinski definition) is 0. The molecular formula is C32H46N2O7S2.